The van der Waals surface area contributed by atoms with Crippen molar-refractivity contribution in [2.24, 2.45) is 0 Å². The average Bonchev–Trinajstić information content (AvgIpc) is 2.97. The first-order chi connectivity index (χ1) is 9.20. The Bertz CT molecular complexity index is 472. The van der Waals surface area contributed by atoms with Gasteiger partial charge in [0.2, 0.25) is 11.8 Å². The van der Waals surface area contributed by atoms with E-state index in [1.165, 1.54) is 0 Å². The fourth-order valence-corrected chi connectivity index (χ4v) is 2.85. The van der Waals surface area contributed by atoms with Gasteiger partial charge >= 0.3 is 0 Å². The molecule has 2 atom stereocenters. The highest BCUT2D eigenvalue weighted by Gasteiger charge is 2.37. The summed E-state index contributed by atoms with van der Waals surface area (Å²) in [6.07, 6.45) is 6.23. The van der Waals surface area contributed by atoms with Crippen LogP contribution in [0, 0.1) is 0 Å². The molecule has 1 saturated carbocycles. The largest absolute Gasteiger partial charge is 0.339 e. The van der Waals surface area contributed by atoms with Gasteiger partial charge in [-0.05, 0) is 38.9 Å². The van der Waals surface area contributed by atoms with Crippen LogP contribution in [-0.2, 0) is 4.79 Å². The highest BCUT2D eigenvalue weighted by molar-refractivity contribution is 7.99. The second-order valence-corrected chi connectivity index (χ2v) is 6.51. The summed E-state index contributed by atoms with van der Waals surface area (Å²) < 4.78 is 5.31. The van der Waals surface area contributed by atoms with Gasteiger partial charge in [0.05, 0.1) is 11.3 Å². The van der Waals surface area contributed by atoms with Crippen LogP contribution in [0.15, 0.2) is 4.52 Å². The van der Waals surface area contributed by atoms with Crippen LogP contribution >= 0.6 is 11.8 Å². The van der Waals surface area contributed by atoms with E-state index in [1.807, 2.05) is 18.1 Å². The van der Waals surface area contributed by atoms with Crippen molar-refractivity contribution in [1.82, 2.24) is 15.0 Å². The number of rotatable bonds is 4. The Balaban J connectivity index is 1.76. The summed E-state index contributed by atoms with van der Waals surface area (Å²) in [5.74, 6) is 2.11. The van der Waals surface area contributed by atoms with Crippen LogP contribution in [0.5, 0.6) is 0 Å². The lowest BCUT2D eigenvalue weighted by Crippen LogP contribution is -2.36. The maximum absolute atomic E-state index is 12.3. The third-order valence-electron chi connectivity index (χ3n) is 3.92. The predicted octanol–water partition coefficient (Wildman–Crippen LogP) is 2.36. The second-order valence-electron chi connectivity index (χ2n) is 5.33. The lowest BCUT2D eigenvalue weighted by atomic mass is 10.2. The van der Waals surface area contributed by atoms with Gasteiger partial charge in [0.15, 0.2) is 5.82 Å². The van der Waals surface area contributed by atoms with Crippen LogP contribution in [0.1, 0.15) is 56.3 Å². The SMILES string of the molecule is CSC(C)C(=O)N1CCCC1c1noc(C2CC2)n1. The van der Waals surface area contributed by atoms with E-state index in [4.69, 9.17) is 4.52 Å². The molecule has 1 amide bonds. The molecule has 1 saturated heterocycles. The first-order valence-electron chi connectivity index (χ1n) is 6.87. The Morgan fingerprint density at radius 1 is 1.47 bits per heavy atom. The minimum Gasteiger partial charge on any atom is -0.339 e. The molecule has 2 aliphatic rings. The Hall–Kier alpha value is -1.04. The van der Waals surface area contributed by atoms with Crippen LogP contribution in [-0.4, -0.2) is 39.0 Å². The summed E-state index contributed by atoms with van der Waals surface area (Å²) >= 11 is 1.58. The molecule has 0 N–H and O–H groups in total. The highest BCUT2D eigenvalue weighted by Crippen LogP contribution is 2.40. The fourth-order valence-electron chi connectivity index (χ4n) is 2.51. The molecule has 104 valence electrons. The van der Waals surface area contributed by atoms with E-state index in [1.54, 1.807) is 11.8 Å². The molecule has 0 spiro atoms. The Morgan fingerprint density at radius 2 is 2.26 bits per heavy atom. The number of hydrogen-bond donors (Lipinski definition) is 0. The fraction of sp³-hybridized carbons (Fsp3) is 0.769. The summed E-state index contributed by atoms with van der Waals surface area (Å²) in [4.78, 5) is 18.7. The van der Waals surface area contributed by atoms with Crippen molar-refractivity contribution < 1.29 is 9.32 Å². The molecule has 2 heterocycles. The van der Waals surface area contributed by atoms with E-state index < -0.39 is 0 Å². The first kappa shape index (κ1) is 13.0. The summed E-state index contributed by atoms with van der Waals surface area (Å²) in [7, 11) is 0. The maximum Gasteiger partial charge on any atom is 0.236 e. The molecule has 0 bridgehead atoms. The molecular weight excluding hydrogens is 262 g/mol. The Labute approximate surface area is 117 Å². The van der Waals surface area contributed by atoms with Crippen LogP contribution < -0.4 is 0 Å². The molecule has 1 aliphatic carbocycles. The number of carbonyl (C=O) groups excluding carboxylic acids is 1. The lowest BCUT2D eigenvalue weighted by molar-refractivity contribution is -0.131. The van der Waals surface area contributed by atoms with Gasteiger partial charge in [-0.3, -0.25) is 4.79 Å². The first-order valence-corrected chi connectivity index (χ1v) is 8.16. The number of carbonyl (C=O) groups is 1. The van der Waals surface area contributed by atoms with E-state index in [2.05, 4.69) is 10.1 Å². The zero-order valence-electron chi connectivity index (χ0n) is 11.3. The molecule has 0 radical (unpaired) electrons. The normalized spacial score (nSPS) is 24.7. The van der Waals surface area contributed by atoms with Crippen molar-refractivity contribution in [3.05, 3.63) is 11.7 Å². The predicted molar refractivity (Wildman–Crippen MR) is 72.9 cm³/mol. The van der Waals surface area contributed by atoms with Gasteiger partial charge in [-0.25, -0.2) is 0 Å². The van der Waals surface area contributed by atoms with E-state index >= 15 is 0 Å². The van der Waals surface area contributed by atoms with Crippen molar-refractivity contribution in [3.8, 4) is 0 Å². The van der Waals surface area contributed by atoms with Crippen LogP contribution in [0.4, 0.5) is 0 Å². The van der Waals surface area contributed by atoms with E-state index in [-0.39, 0.29) is 17.2 Å². The molecule has 1 aromatic rings. The molecule has 5 nitrogen and oxygen atoms in total. The number of aromatic nitrogens is 2. The van der Waals surface area contributed by atoms with Crippen molar-refractivity contribution in [2.75, 3.05) is 12.8 Å². The van der Waals surface area contributed by atoms with Gasteiger partial charge in [0, 0.05) is 12.5 Å². The number of nitrogens with zero attached hydrogens (tertiary/aromatic N) is 3. The number of amides is 1. The van der Waals surface area contributed by atoms with Gasteiger partial charge in [-0.2, -0.15) is 16.7 Å². The third kappa shape index (κ3) is 2.50. The van der Waals surface area contributed by atoms with Gasteiger partial charge in [-0.1, -0.05) is 5.16 Å². The monoisotopic (exact) mass is 281 g/mol. The lowest BCUT2D eigenvalue weighted by Gasteiger charge is -2.24. The smallest absolute Gasteiger partial charge is 0.236 e. The summed E-state index contributed by atoms with van der Waals surface area (Å²) in [6.45, 7) is 2.76. The quantitative estimate of drug-likeness (QED) is 0.848. The summed E-state index contributed by atoms with van der Waals surface area (Å²) in [6, 6.07) is 0.0124. The van der Waals surface area contributed by atoms with E-state index in [9.17, 15) is 4.79 Å². The van der Waals surface area contributed by atoms with Gasteiger partial charge in [0.1, 0.15) is 0 Å². The van der Waals surface area contributed by atoms with Crippen molar-refractivity contribution in [3.63, 3.8) is 0 Å². The molecule has 2 unspecified atom stereocenters. The van der Waals surface area contributed by atoms with E-state index in [0.29, 0.717) is 11.7 Å². The molecular formula is C13H19N3O2S. The zero-order valence-corrected chi connectivity index (χ0v) is 12.2. The number of hydrogen-bond acceptors (Lipinski definition) is 5. The standard InChI is InChI=1S/C13H19N3O2S/c1-8(19-2)13(17)16-7-3-4-10(16)11-14-12(18-15-11)9-5-6-9/h8-10H,3-7H2,1-2H3. The second kappa shape index (κ2) is 5.15. The topological polar surface area (TPSA) is 59.2 Å². The molecule has 0 aromatic carbocycles. The molecule has 2 fully saturated rings. The van der Waals surface area contributed by atoms with Gasteiger partial charge < -0.3 is 9.42 Å². The zero-order chi connectivity index (χ0) is 13.4. The van der Waals surface area contributed by atoms with Gasteiger partial charge in [-0.15, -0.1) is 0 Å². The van der Waals surface area contributed by atoms with Crippen molar-refractivity contribution in [1.29, 1.82) is 0 Å². The van der Waals surface area contributed by atoms with Gasteiger partial charge in [0.25, 0.3) is 0 Å². The van der Waals surface area contributed by atoms with E-state index in [0.717, 1.165) is 38.1 Å². The number of thioether (sulfide) groups is 1. The Kier molecular flexibility index (Phi) is 3.52. The highest BCUT2D eigenvalue weighted by atomic mass is 32.2. The van der Waals surface area contributed by atoms with Crippen LogP contribution in [0.2, 0.25) is 0 Å². The maximum atomic E-state index is 12.3. The summed E-state index contributed by atoms with van der Waals surface area (Å²) in [5.41, 5.74) is 0. The number of likely N-dealkylation sites (tertiary alicyclic amines) is 1. The minimum absolute atomic E-state index is 0.00426. The third-order valence-corrected chi connectivity index (χ3v) is 4.83. The molecule has 6 heteroatoms. The molecule has 3 rings (SSSR count). The minimum atomic E-state index is -0.00426. The molecule has 19 heavy (non-hydrogen) atoms. The molecule has 1 aromatic heterocycles. The molecule has 1 aliphatic heterocycles. The Morgan fingerprint density at radius 3 is 2.95 bits per heavy atom. The van der Waals surface area contributed by atoms with Crippen molar-refractivity contribution in [2.45, 2.75) is 49.8 Å². The summed E-state index contributed by atoms with van der Waals surface area (Å²) in [5, 5.41) is 4.09. The average molecular weight is 281 g/mol. The van der Waals surface area contributed by atoms with Crippen molar-refractivity contribution >= 4 is 17.7 Å². The van der Waals surface area contributed by atoms with Crippen LogP contribution in [0.3, 0.4) is 0 Å². The van der Waals surface area contributed by atoms with Crippen LogP contribution in [0.25, 0.3) is 0 Å².